The lowest BCUT2D eigenvalue weighted by Gasteiger charge is -2.29. The summed E-state index contributed by atoms with van der Waals surface area (Å²) in [7, 11) is 0. The Morgan fingerprint density at radius 3 is 2.28 bits per heavy atom. The zero-order valence-electron chi connectivity index (χ0n) is 12.2. The van der Waals surface area contributed by atoms with Gasteiger partial charge in [-0.1, -0.05) is 13.8 Å². The Hall–Kier alpha value is -0.970. The van der Waals surface area contributed by atoms with Crippen LogP contribution in [0.2, 0.25) is 0 Å². The van der Waals surface area contributed by atoms with Gasteiger partial charge in [-0.05, 0) is 45.1 Å². The van der Waals surface area contributed by atoms with Crippen LogP contribution in [0.25, 0.3) is 0 Å². The minimum absolute atomic E-state index is 0.107. The standard InChI is InChI=1S/C13H25N3OS/c1-8(2)7-16(9(3)4)13-11(17-10(5)6)12(14)15-18-13/h8-10H,7H2,1-6H3,(H2,14,15). The molecule has 0 saturated heterocycles. The highest BCUT2D eigenvalue weighted by Crippen LogP contribution is 2.40. The first-order valence-corrected chi connectivity index (χ1v) is 7.28. The summed E-state index contributed by atoms with van der Waals surface area (Å²) >= 11 is 1.42. The molecule has 0 radical (unpaired) electrons. The van der Waals surface area contributed by atoms with Gasteiger partial charge in [0.2, 0.25) is 0 Å². The van der Waals surface area contributed by atoms with Crippen molar-refractivity contribution >= 4 is 22.4 Å². The summed E-state index contributed by atoms with van der Waals surface area (Å²) < 4.78 is 10.0. The summed E-state index contributed by atoms with van der Waals surface area (Å²) in [6.07, 6.45) is 0.107. The third kappa shape index (κ3) is 3.77. The second-order valence-corrected chi connectivity index (χ2v) is 6.26. The van der Waals surface area contributed by atoms with Gasteiger partial charge < -0.3 is 15.4 Å². The van der Waals surface area contributed by atoms with Crippen molar-refractivity contribution in [3.05, 3.63) is 0 Å². The van der Waals surface area contributed by atoms with Crippen LogP contribution < -0.4 is 15.4 Å². The minimum atomic E-state index is 0.107. The Morgan fingerprint density at radius 2 is 1.83 bits per heavy atom. The first kappa shape index (κ1) is 15.1. The number of nitrogen functional groups attached to an aromatic ring is 1. The van der Waals surface area contributed by atoms with E-state index in [-0.39, 0.29) is 6.10 Å². The van der Waals surface area contributed by atoms with Crippen molar-refractivity contribution < 1.29 is 4.74 Å². The largest absolute Gasteiger partial charge is 0.484 e. The molecule has 1 aromatic rings. The molecule has 0 aliphatic rings. The molecule has 0 unspecified atom stereocenters. The molecule has 2 N–H and O–H groups in total. The topological polar surface area (TPSA) is 51.4 Å². The van der Waals surface area contributed by atoms with E-state index in [2.05, 4.69) is 37.0 Å². The van der Waals surface area contributed by atoms with E-state index in [0.29, 0.717) is 17.8 Å². The Morgan fingerprint density at radius 1 is 1.22 bits per heavy atom. The van der Waals surface area contributed by atoms with Crippen molar-refractivity contribution in [1.29, 1.82) is 0 Å². The summed E-state index contributed by atoms with van der Waals surface area (Å²) in [6.45, 7) is 13.8. The van der Waals surface area contributed by atoms with Gasteiger partial charge in [-0.3, -0.25) is 0 Å². The number of rotatable bonds is 6. The first-order chi connectivity index (χ1) is 8.32. The van der Waals surface area contributed by atoms with Gasteiger partial charge in [0.25, 0.3) is 0 Å². The number of anilines is 2. The van der Waals surface area contributed by atoms with Crippen molar-refractivity contribution in [3.63, 3.8) is 0 Å². The zero-order valence-corrected chi connectivity index (χ0v) is 13.0. The van der Waals surface area contributed by atoms with Crippen LogP contribution in [0.1, 0.15) is 41.5 Å². The molecule has 0 aromatic carbocycles. The lowest BCUT2D eigenvalue weighted by Crippen LogP contribution is -2.34. The number of hydrogen-bond donors (Lipinski definition) is 1. The zero-order chi connectivity index (χ0) is 13.9. The Balaban J connectivity index is 3.04. The summed E-state index contributed by atoms with van der Waals surface area (Å²) in [5.41, 5.74) is 5.91. The van der Waals surface area contributed by atoms with Crippen LogP contribution in [0, 0.1) is 5.92 Å². The number of nitrogens with zero attached hydrogens (tertiary/aromatic N) is 2. The molecule has 0 atom stereocenters. The Bertz CT molecular complexity index is 374. The molecule has 0 spiro atoms. The van der Waals surface area contributed by atoms with Gasteiger partial charge in [0, 0.05) is 12.6 Å². The number of ether oxygens (including phenoxy) is 1. The van der Waals surface area contributed by atoms with Gasteiger partial charge in [-0.15, -0.1) is 0 Å². The van der Waals surface area contributed by atoms with Gasteiger partial charge in [0.15, 0.2) is 16.6 Å². The molecule has 1 heterocycles. The van der Waals surface area contributed by atoms with E-state index >= 15 is 0 Å². The van der Waals surface area contributed by atoms with Crippen molar-refractivity contribution in [2.75, 3.05) is 17.2 Å². The van der Waals surface area contributed by atoms with Gasteiger partial charge in [-0.2, -0.15) is 4.37 Å². The quantitative estimate of drug-likeness (QED) is 0.861. The fourth-order valence-electron chi connectivity index (χ4n) is 1.74. The summed E-state index contributed by atoms with van der Waals surface area (Å²) in [5.74, 6) is 1.82. The highest BCUT2D eigenvalue weighted by atomic mass is 32.1. The van der Waals surface area contributed by atoms with E-state index in [9.17, 15) is 0 Å². The molecular weight excluding hydrogens is 246 g/mol. The summed E-state index contributed by atoms with van der Waals surface area (Å²) in [6, 6.07) is 0.404. The molecule has 1 aromatic heterocycles. The third-order valence-electron chi connectivity index (χ3n) is 2.46. The van der Waals surface area contributed by atoms with Crippen LogP contribution in [0.5, 0.6) is 5.75 Å². The van der Waals surface area contributed by atoms with Crippen LogP contribution in [0.3, 0.4) is 0 Å². The lowest BCUT2D eigenvalue weighted by atomic mass is 10.2. The molecule has 0 amide bonds. The third-order valence-corrected chi connectivity index (χ3v) is 3.34. The van der Waals surface area contributed by atoms with E-state index in [1.807, 2.05) is 13.8 Å². The smallest absolute Gasteiger partial charge is 0.198 e. The first-order valence-electron chi connectivity index (χ1n) is 6.51. The Labute approximate surface area is 114 Å². The van der Waals surface area contributed by atoms with E-state index < -0.39 is 0 Å². The highest BCUT2D eigenvalue weighted by Gasteiger charge is 2.22. The van der Waals surface area contributed by atoms with Crippen molar-refractivity contribution in [2.24, 2.45) is 5.92 Å². The van der Waals surface area contributed by atoms with Crippen molar-refractivity contribution in [1.82, 2.24) is 4.37 Å². The van der Waals surface area contributed by atoms with Crippen LogP contribution in [0.4, 0.5) is 10.8 Å². The fraction of sp³-hybridized carbons (Fsp3) is 0.769. The minimum Gasteiger partial charge on any atom is -0.484 e. The number of aromatic nitrogens is 1. The van der Waals surface area contributed by atoms with Crippen LogP contribution in [-0.2, 0) is 0 Å². The molecule has 18 heavy (non-hydrogen) atoms. The van der Waals surface area contributed by atoms with Gasteiger partial charge in [-0.25, -0.2) is 0 Å². The molecule has 4 nitrogen and oxygen atoms in total. The maximum absolute atomic E-state index is 5.91. The molecule has 0 aliphatic carbocycles. The Kier molecular flexibility index (Phi) is 5.26. The lowest BCUT2D eigenvalue weighted by molar-refractivity contribution is 0.244. The molecule has 0 aliphatic heterocycles. The summed E-state index contributed by atoms with van der Waals surface area (Å²) in [5, 5.41) is 1.05. The van der Waals surface area contributed by atoms with Gasteiger partial charge in [0.1, 0.15) is 0 Å². The van der Waals surface area contributed by atoms with Gasteiger partial charge >= 0.3 is 0 Å². The average molecular weight is 271 g/mol. The van der Waals surface area contributed by atoms with Crippen molar-refractivity contribution in [2.45, 2.75) is 53.7 Å². The van der Waals surface area contributed by atoms with Crippen LogP contribution in [0.15, 0.2) is 0 Å². The molecule has 104 valence electrons. The van der Waals surface area contributed by atoms with E-state index in [1.54, 1.807) is 0 Å². The maximum Gasteiger partial charge on any atom is 0.198 e. The van der Waals surface area contributed by atoms with Crippen LogP contribution >= 0.6 is 11.5 Å². The molecule has 1 rings (SSSR count). The average Bonchev–Trinajstić information content (AvgIpc) is 2.56. The molecule has 5 heteroatoms. The molecule has 0 fully saturated rings. The van der Waals surface area contributed by atoms with Gasteiger partial charge in [0.05, 0.1) is 6.10 Å². The highest BCUT2D eigenvalue weighted by molar-refractivity contribution is 7.11. The van der Waals surface area contributed by atoms with E-state index in [1.165, 1.54) is 11.5 Å². The number of hydrogen-bond acceptors (Lipinski definition) is 5. The van der Waals surface area contributed by atoms with E-state index in [4.69, 9.17) is 10.5 Å². The fourth-order valence-corrected chi connectivity index (χ4v) is 2.63. The molecular formula is C13H25N3OS. The number of nitrogens with two attached hydrogens (primary N) is 1. The second kappa shape index (κ2) is 6.27. The van der Waals surface area contributed by atoms with Crippen LogP contribution in [-0.4, -0.2) is 23.1 Å². The molecule has 0 bridgehead atoms. The normalized spacial score (nSPS) is 11.6. The SMILES string of the molecule is CC(C)CN(c1snc(N)c1OC(C)C)C(C)C. The van der Waals surface area contributed by atoms with E-state index in [0.717, 1.165) is 17.3 Å². The molecule has 0 saturated carbocycles. The summed E-state index contributed by atoms with van der Waals surface area (Å²) in [4.78, 5) is 2.32. The van der Waals surface area contributed by atoms with Crippen molar-refractivity contribution in [3.8, 4) is 5.75 Å². The maximum atomic E-state index is 5.91. The predicted molar refractivity (Wildman–Crippen MR) is 79.6 cm³/mol. The second-order valence-electron chi connectivity index (χ2n) is 5.51. The monoisotopic (exact) mass is 271 g/mol. The predicted octanol–water partition coefficient (Wildman–Crippen LogP) is 3.38.